The molecule has 2 N–H and O–H groups in total. The van der Waals surface area contributed by atoms with Crippen molar-refractivity contribution in [2.24, 2.45) is 17.6 Å². The van der Waals surface area contributed by atoms with Gasteiger partial charge in [-0.1, -0.05) is 6.42 Å². The van der Waals surface area contributed by atoms with Gasteiger partial charge in [-0.05, 0) is 55.9 Å². The zero-order chi connectivity index (χ0) is 17.8. The van der Waals surface area contributed by atoms with Crippen molar-refractivity contribution in [1.82, 2.24) is 4.90 Å². The highest BCUT2D eigenvalue weighted by Gasteiger charge is 2.31. The summed E-state index contributed by atoms with van der Waals surface area (Å²) < 4.78 is 5.13. The Kier molecular flexibility index (Phi) is 5.74. The molecule has 0 radical (unpaired) electrons. The van der Waals surface area contributed by atoms with Gasteiger partial charge < -0.3 is 15.4 Å². The Balaban J connectivity index is 1.50. The number of hydrogen-bond acceptors (Lipinski definition) is 4. The molecule has 1 aromatic rings. The largest absolute Gasteiger partial charge is 0.497 e. The standard InChI is InChI=1S/C20H28N2O3/c1-25-17-7-5-14(6-8-17)20(24)15-9-11-22(12-10-15)19(23)13-16-3-2-4-18(16)21/h5-8,15-16,18H,2-4,9-13,21H2,1H3/t16-,18+/m0/s1. The summed E-state index contributed by atoms with van der Waals surface area (Å²) in [4.78, 5) is 27.0. The van der Waals surface area contributed by atoms with Crippen LogP contribution in [0.1, 0.15) is 48.9 Å². The van der Waals surface area contributed by atoms with E-state index in [1.165, 1.54) is 0 Å². The highest BCUT2D eigenvalue weighted by molar-refractivity contribution is 5.98. The molecular weight excluding hydrogens is 316 g/mol. The van der Waals surface area contributed by atoms with Gasteiger partial charge in [0, 0.05) is 37.0 Å². The number of Topliss-reactive ketones (excluding diaryl/α,β-unsaturated/α-hetero) is 1. The van der Waals surface area contributed by atoms with E-state index in [0.29, 0.717) is 25.4 Å². The topological polar surface area (TPSA) is 72.6 Å². The Hall–Kier alpha value is -1.88. The van der Waals surface area contributed by atoms with Crippen molar-refractivity contribution in [3.8, 4) is 5.75 Å². The molecule has 136 valence electrons. The van der Waals surface area contributed by atoms with Gasteiger partial charge in [0.05, 0.1) is 7.11 Å². The normalized spacial score (nSPS) is 24.3. The van der Waals surface area contributed by atoms with Gasteiger partial charge in [-0.3, -0.25) is 9.59 Å². The highest BCUT2D eigenvalue weighted by Crippen LogP contribution is 2.29. The molecule has 3 rings (SSSR count). The van der Waals surface area contributed by atoms with Crippen LogP contribution in [-0.2, 0) is 4.79 Å². The van der Waals surface area contributed by atoms with E-state index in [9.17, 15) is 9.59 Å². The van der Waals surface area contributed by atoms with Crippen LogP contribution in [0.15, 0.2) is 24.3 Å². The summed E-state index contributed by atoms with van der Waals surface area (Å²) in [7, 11) is 1.61. The molecule has 1 amide bonds. The molecular formula is C20H28N2O3. The van der Waals surface area contributed by atoms with E-state index in [2.05, 4.69) is 0 Å². The summed E-state index contributed by atoms with van der Waals surface area (Å²) in [5.41, 5.74) is 6.80. The number of methoxy groups -OCH3 is 1. The molecule has 5 heteroatoms. The number of piperidine rings is 1. The molecule has 0 bridgehead atoms. The second-order valence-electron chi connectivity index (χ2n) is 7.31. The Bertz CT molecular complexity index is 606. The Morgan fingerprint density at radius 3 is 2.36 bits per heavy atom. The fourth-order valence-electron chi connectivity index (χ4n) is 4.05. The number of carbonyl (C=O) groups excluding carboxylic acids is 2. The van der Waals surface area contributed by atoms with Gasteiger partial charge in [-0.25, -0.2) is 0 Å². The van der Waals surface area contributed by atoms with Gasteiger partial charge in [0.15, 0.2) is 5.78 Å². The third-order valence-corrected chi connectivity index (χ3v) is 5.75. The molecule has 25 heavy (non-hydrogen) atoms. The number of carbonyl (C=O) groups is 2. The summed E-state index contributed by atoms with van der Waals surface area (Å²) in [6.07, 6.45) is 5.30. The van der Waals surface area contributed by atoms with Crippen LogP contribution in [0.5, 0.6) is 5.75 Å². The number of hydrogen-bond donors (Lipinski definition) is 1. The number of benzene rings is 1. The van der Waals surface area contributed by atoms with Gasteiger partial charge in [0.2, 0.25) is 5.91 Å². The lowest BCUT2D eigenvalue weighted by atomic mass is 9.88. The summed E-state index contributed by atoms with van der Waals surface area (Å²) in [6.45, 7) is 1.35. The maximum Gasteiger partial charge on any atom is 0.222 e. The summed E-state index contributed by atoms with van der Waals surface area (Å²) in [6, 6.07) is 7.45. The van der Waals surface area contributed by atoms with E-state index in [1.54, 1.807) is 7.11 Å². The third-order valence-electron chi connectivity index (χ3n) is 5.75. The molecule has 1 aromatic carbocycles. The first-order valence-corrected chi connectivity index (χ1v) is 9.30. The molecule has 0 unspecified atom stereocenters. The summed E-state index contributed by atoms with van der Waals surface area (Å²) in [5.74, 6) is 1.48. The lowest BCUT2D eigenvalue weighted by Crippen LogP contribution is -2.41. The second-order valence-corrected chi connectivity index (χ2v) is 7.31. The molecule has 1 heterocycles. The molecule has 2 fully saturated rings. The number of nitrogens with zero attached hydrogens (tertiary/aromatic N) is 1. The van der Waals surface area contributed by atoms with Crippen molar-refractivity contribution >= 4 is 11.7 Å². The summed E-state index contributed by atoms with van der Waals surface area (Å²) in [5, 5.41) is 0. The molecule has 0 spiro atoms. The van der Waals surface area contributed by atoms with Crippen LogP contribution in [0.4, 0.5) is 0 Å². The number of rotatable bonds is 5. The predicted molar refractivity (Wildman–Crippen MR) is 96.6 cm³/mol. The van der Waals surface area contributed by atoms with Gasteiger partial charge in [-0.2, -0.15) is 0 Å². The number of ether oxygens (including phenoxy) is 1. The third kappa shape index (κ3) is 4.21. The summed E-state index contributed by atoms with van der Waals surface area (Å²) >= 11 is 0. The minimum Gasteiger partial charge on any atom is -0.497 e. The molecule has 2 atom stereocenters. The first-order chi connectivity index (χ1) is 12.1. The number of likely N-dealkylation sites (tertiary alicyclic amines) is 1. The quantitative estimate of drug-likeness (QED) is 0.834. The predicted octanol–water partition coefficient (Wildman–Crippen LogP) is 2.63. The molecule has 5 nitrogen and oxygen atoms in total. The molecule has 1 saturated carbocycles. The molecule has 1 saturated heterocycles. The first-order valence-electron chi connectivity index (χ1n) is 9.30. The van der Waals surface area contributed by atoms with E-state index in [1.807, 2.05) is 29.2 Å². The van der Waals surface area contributed by atoms with Crippen LogP contribution >= 0.6 is 0 Å². The van der Waals surface area contributed by atoms with E-state index in [4.69, 9.17) is 10.5 Å². The SMILES string of the molecule is COc1ccc(C(=O)C2CCN(C(=O)C[C@@H]3CCC[C@H]3N)CC2)cc1. The molecule has 1 aliphatic heterocycles. The molecule has 0 aromatic heterocycles. The van der Waals surface area contributed by atoms with Crippen molar-refractivity contribution < 1.29 is 14.3 Å². The van der Waals surface area contributed by atoms with E-state index >= 15 is 0 Å². The average Bonchev–Trinajstić information content (AvgIpc) is 3.06. The number of amides is 1. The highest BCUT2D eigenvalue weighted by atomic mass is 16.5. The van der Waals surface area contributed by atoms with Gasteiger partial charge >= 0.3 is 0 Å². The Labute approximate surface area is 149 Å². The Morgan fingerprint density at radius 2 is 1.80 bits per heavy atom. The second kappa shape index (κ2) is 8.00. The van der Waals surface area contributed by atoms with Crippen molar-refractivity contribution in [3.63, 3.8) is 0 Å². The van der Waals surface area contributed by atoms with E-state index < -0.39 is 0 Å². The maximum absolute atomic E-state index is 12.6. The monoisotopic (exact) mass is 344 g/mol. The van der Waals surface area contributed by atoms with Crippen LogP contribution in [-0.4, -0.2) is 42.8 Å². The van der Waals surface area contributed by atoms with Gasteiger partial charge in [0.25, 0.3) is 0 Å². The van der Waals surface area contributed by atoms with Gasteiger partial charge in [0.1, 0.15) is 5.75 Å². The van der Waals surface area contributed by atoms with Crippen LogP contribution in [0.3, 0.4) is 0 Å². The van der Waals surface area contributed by atoms with E-state index in [0.717, 1.165) is 43.4 Å². The molecule has 2 aliphatic rings. The lowest BCUT2D eigenvalue weighted by molar-refractivity contribution is -0.133. The van der Waals surface area contributed by atoms with Crippen molar-refractivity contribution in [2.75, 3.05) is 20.2 Å². The Morgan fingerprint density at radius 1 is 1.12 bits per heavy atom. The van der Waals surface area contributed by atoms with Crippen LogP contribution < -0.4 is 10.5 Å². The zero-order valence-electron chi connectivity index (χ0n) is 14.9. The minimum absolute atomic E-state index is 0.00572. The minimum atomic E-state index is 0.00572. The van der Waals surface area contributed by atoms with Crippen LogP contribution in [0.25, 0.3) is 0 Å². The van der Waals surface area contributed by atoms with Crippen molar-refractivity contribution in [2.45, 2.75) is 44.6 Å². The van der Waals surface area contributed by atoms with Crippen LogP contribution in [0.2, 0.25) is 0 Å². The van der Waals surface area contributed by atoms with Crippen LogP contribution in [0, 0.1) is 11.8 Å². The van der Waals surface area contributed by atoms with Crippen molar-refractivity contribution in [1.29, 1.82) is 0 Å². The van der Waals surface area contributed by atoms with Crippen molar-refractivity contribution in [3.05, 3.63) is 29.8 Å². The van der Waals surface area contributed by atoms with E-state index in [-0.39, 0.29) is 23.7 Å². The first kappa shape index (κ1) is 17.9. The number of nitrogens with two attached hydrogens (primary N) is 1. The van der Waals surface area contributed by atoms with Gasteiger partial charge in [-0.15, -0.1) is 0 Å². The molecule has 1 aliphatic carbocycles. The lowest BCUT2D eigenvalue weighted by Gasteiger charge is -2.32. The zero-order valence-corrected chi connectivity index (χ0v) is 14.9. The fourth-order valence-corrected chi connectivity index (χ4v) is 4.05. The number of ketones is 1. The fraction of sp³-hybridized carbons (Fsp3) is 0.600. The smallest absolute Gasteiger partial charge is 0.222 e. The maximum atomic E-state index is 12.6. The average molecular weight is 344 g/mol.